The molecule has 0 spiro atoms. The van der Waals surface area contributed by atoms with E-state index >= 15 is 0 Å². The van der Waals surface area contributed by atoms with Crippen LogP contribution in [0.3, 0.4) is 0 Å². The second kappa shape index (κ2) is 7.49. The van der Waals surface area contributed by atoms with Gasteiger partial charge in [0.15, 0.2) is 18.2 Å². The number of phenolic OH excluding ortho intramolecular Hbond substituents is 1. The summed E-state index contributed by atoms with van der Waals surface area (Å²) in [6, 6.07) is 3.99. The van der Waals surface area contributed by atoms with E-state index in [4.69, 9.17) is 14.2 Å². The van der Waals surface area contributed by atoms with E-state index in [9.17, 15) is 14.6 Å². The lowest BCUT2D eigenvalue weighted by molar-refractivity contribution is -0.973. The zero-order chi connectivity index (χ0) is 18.9. The predicted molar refractivity (Wildman–Crippen MR) is 94.6 cm³/mol. The minimum Gasteiger partial charge on any atom is -0.756 e. The van der Waals surface area contributed by atoms with E-state index in [0.717, 1.165) is 56.3 Å². The van der Waals surface area contributed by atoms with Crippen LogP contribution < -0.4 is 9.63 Å². The van der Waals surface area contributed by atoms with Gasteiger partial charge in [0.1, 0.15) is 0 Å². The monoisotopic (exact) mass is 385 g/mol. The number of methoxy groups -OCH3 is 1. The molecule has 1 aromatic rings. The van der Waals surface area contributed by atoms with E-state index in [1.54, 1.807) is 13.2 Å². The number of fused-ring (bicyclic) bond motifs is 2. The van der Waals surface area contributed by atoms with Crippen molar-refractivity contribution in [3.8, 4) is 11.5 Å². The number of benzene rings is 1. The molecular formula is C18H28NO6P. The second-order valence-corrected chi connectivity index (χ2v) is 8.72. The topological polar surface area (TPSA) is 99.1 Å². The Balaban J connectivity index is 1.93. The van der Waals surface area contributed by atoms with Crippen LogP contribution >= 0.6 is 7.82 Å². The maximum atomic E-state index is 11.2. The number of phosphoric acid groups is 1. The second-order valence-electron chi connectivity index (χ2n) is 7.52. The lowest BCUT2D eigenvalue weighted by Crippen LogP contribution is -2.64. The van der Waals surface area contributed by atoms with Crippen molar-refractivity contribution >= 4 is 7.82 Å². The highest BCUT2D eigenvalue weighted by molar-refractivity contribution is 7.44. The maximum absolute atomic E-state index is 11.2. The van der Waals surface area contributed by atoms with Gasteiger partial charge in [-0.25, -0.2) is 0 Å². The summed E-state index contributed by atoms with van der Waals surface area (Å²) in [6.07, 6.45) is 4.43. The van der Waals surface area contributed by atoms with Crippen LogP contribution in [-0.2, 0) is 21.9 Å². The van der Waals surface area contributed by atoms with Gasteiger partial charge in [0.25, 0.3) is 7.82 Å². The Hall–Kier alpha value is -1.11. The number of hydrogen-bond acceptors (Lipinski definition) is 5. The first kappa shape index (κ1) is 19.6. The molecule has 1 unspecified atom stereocenters. The Bertz CT molecular complexity index is 701. The van der Waals surface area contributed by atoms with Crippen molar-refractivity contribution in [1.82, 2.24) is 0 Å². The molecule has 0 amide bonds. The third kappa shape index (κ3) is 3.78. The van der Waals surface area contributed by atoms with Gasteiger partial charge in [0, 0.05) is 17.9 Å². The number of rotatable bonds is 6. The number of phenols is 1. The van der Waals surface area contributed by atoms with Gasteiger partial charge < -0.3 is 19.6 Å². The van der Waals surface area contributed by atoms with E-state index in [-0.39, 0.29) is 18.5 Å². The summed E-state index contributed by atoms with van der Waals surface area (Å²) in [7, 11) is -3.21. The van der Waals surface area contributed by atoms with E-state index in [0.29, 0.717) is 16.2 Å². The fourth-order valence-corrected chi connectivity index (χ4v) is 5.31. The number of quaternary nitrogens is 1. The Morgan fingerprint density at radius 3 is 2.81 bits per heavy atom. The van der Waals surface area contributed by atoms with Crippen molar-refractivity contribution in [1.29, 1.82) is 0 Å². The first-order chi connectivity index (χ1) is 12.3. The van der Waals surface area contributed by atoms with E-state index < -0.39 is 7.82 Å². The van der Waals surface area contributed by atoms with E-state index in [2.05, 4.69) is 6.92 Å². The molecule has 4 atom stereocenters. The fraction of sp³-hybridized carbons (Fsp3) is 0.667. The third-order valence-electron chi connectivity index (χ3n) is 6.03. The Kier molecular flexibility index (Phi) is 5.66. The average Bonchev–Trinajstić information content (AvgIpc) is 2.59. The molecule has 1 aliphatic carbocycles. The number of nitrogens with zero attached hydrogens (tertiary/aromatic N) is 1. The summed E-state index contributed by atoms with van der Waals surface area (Å²) in [5.74, 6) is 1.05. The highest BCUT2D eigenvalue weighted by atomic mass is 31.2. The minimum atomic E-state index is -4.75. The Morgan fingerprint density at radius 2 is 2.15 bits per heavy atom. The number of hydrogen-bond donors (Lipinski definition) is 2. The van der Waals surface area contributed by atoms with Crippen LogP contribution in [0.1, 0.15) is 37.3 Å². The highest BCUT2D eigenvalue weighted by Gasteiger charge is 2.47. The molecule has 26 heavy (non-hydrogen) atoms. The summed E-state index contributed by atoms with van der Waals surface area (Å²) in [5, 5.41) is 10.5. The lowest BCUT2D eigenvalue weighted by Gasteiger charge is -2.52. The van der Waals surface area contributed by atoms with Crippen molar-refractivity contribution in [2.45, 2.75) is 45.1 Å². The fourth-order valence-electron chi connectivity index (χ4n) is 4.94. The molecule has 7 nitrogen and oxygen atoms in total. The molecule has 1 aromatic carbocycles. The average molecular weight is 385 g/mol. The Morgan fingerprint density at radius 1 is 1.38 bits per heavy atom. The van der Waals surface area contributed by atoms with Gasteiger partial charge in [0.05, 0.1) is 26.2 Å². The molecule has 8 heteroatoms. The molecule has 1 saturated heterocycles. The molecule has 1 heterocycles. The summed E-state index contributed by atoms with van der Waals surface area (Å²) >= 11 is 0. The molecule has 3 rings (SSSR count). The van der Waals surface area contributed by atoms with Crippen LogP contribution in [0, 0.1) is 5.92 Å². The summed E-state index contributed by atoms with van der Waals surface area (Å²) < 4.78 is 21.9. The third-order valence-corrected chi connectivity index (χ3v) is 6.47. The standard InChI is InChI=1S/C18H28NO6P/c1-3-8-19(12-25-26(21,22)23)9-4-5-14-10-15-13(11-16(14)19)6-7-17(24-2)18(15)20/h6-7,14,16H,3-5,8-12H2,1-2H3,(H2-,20,21,22,23)/t14-,16-,19-/m1/s1. The van der Waals surface area contributed by atoms with Crippen molar-refractivity contribution in [3.63, 3.8) is 0 Å². The molecule has 0 bridgehead atoms. The SMILES string of the molecule is CCC[N@+]1(COP(=O)([O-])O)CCC[C@@H]2Cc3c(ccc(OC)c3O)C[C@H]21. The molecule has 2 aliphatic rings. The van der Waals surface area contributed by atoms with Gasteiger partial charge in [-0.1, -0.05) is 13.0 Å². The lowest BCUT2D eigenvalue weighted by atomic mass is 9.73. The molecule has 2 N–H and O–H groups in total. The van der Waals surface area contributed by atoms with Gasteiger partial charge in [0.2, 0.25) is 0 Å². The molecule has 0 radical (unpaired) electrons. The van der Waals surface area contributed by atoms with Crippen LogP contribution in [0.5, 0.6) is 11.5 Å². The van der Waals surface area contributed by atoms with E-state index in [1.807, 2.05) is 6.07 Å². The molecular weight excluding hydrogens is 357 g/mol. The van der Waals surface area contributed by atoms with Gasteiger partial charge in [-0.15, -0.1) is 0 Å². The molecule has 1 fully saturated rings. The smallest absolute Gasteiger partial charge is 0.269 e. The summed E-state index contributed by atoms with van der Waals surface area (Å²) in [5.41, 5.74) is 2.03. The van der Waals surface area contributed by atoms with Crippen molar-refractivity contribution in [2.24, 2.45) is 5.92 Å². The van der Waals surface area contributed by atoms with Gasteiger partial charge in [-0.3, -0.25) is 13.6 Å². The first-order valence-electron chi connectivity index (χ1n) is 9.21. The van der Waals surface area contributed by atoms with Gasteiger partial charge >= 0.3 is 0 Å². The van der Waals surface area contributed by atoms with Crippen LogP contribution in [0.4, 0.5) is 0 Å². The normalized spacial score (nSPS) is 30.2. The van der Waals surface area contributed by atoms with Crippen molar-refractivity contribution in [2.75, 3.05) is 26.9 Å². The number of aromatic hydroxyl groups is 1. The molecule has 0 saturated carbocycles. The zero-order valence-corrected chi connectivity index (χ0v) is 16.3. The van der Waals surface area contributed by atoms with Crippen LogP contribution in [0.15, 0.2) is 12.1 Å². The van der Waals surface area contributed by atoms with Gasteiger partial charge in [-0.2, -0.15) is 0 Å². The minimum absolute atomic E-state index is 0.0241. The number of likely N-dealkylation sites (tertiary alicyclic amines) is 1. The number of piperidine rings is 1. The predicted octanol–water partition coefficient (Wildman–Crippen LogP) is 1.94. The number of ether oxygens (including phenoxy) is 1. The number of phosphoric ester groups is 1. The maximum Gasteiger partial charge on any atom is 0.269 e. The van der Waals surface area contributed by atoms with Crippen molar-refractivity contribution < 1.29 is 33.2 Å². The molecule has 146 valence electrons. The zero-order valence-electron chi connectivity index (χ0n) is 15.4. The van der Waals surface area contributed by atoms with Crippen LogP contribution in [-0.4, -0.2) is 47.5 Å². The van der Waals surface area contributed by atoms with Crippen LogP contribution in [0.2, 0.25) is 0 Å². The van der Waals surface area contributed by atoms with Gasteiger partial charge in [-0.05, 0) is 37.3 Å². The summed E-state index contributed by atoms with van der Waals surface area (Å²) in [4.78, 5) is 20.3. The highest BCUT2D eigenvalue weighted by Crippen LogP contribution is 2.45. The largest absolute Gasteiger partial charge is 0.756 e. The first-order valence-corrected chi connectivity index (χ1v) is 10.7. The Labute approximate surface area is 154 Å². The molecule has 0 aromatic heterocycles. The van der Waals surface area contributed by atoms with Crippen LogP contribution in [0.25, 0.3) is 0 Å². The van der Waals surface area contributed by atoms with E-state index in [1.165, 1.54) is 0 Å². The summed E-state index contributed by atoms with van der Waals surface area (Å²) in [6.45, 7) is 3.70. The quantitative estimate of drug-likeness (QED) is 0.574. The van der Waals surface area contributed by atoms with Crippen molar-refractivity contribution in [3.05, 3.63) is 23.3 Å². The molecule has 1 aliphatic heterocycles.